The molecule has 0 saturated carbocycles. The Kier molecular flexibility index (Phi) is 5.25. The Morgan fingerprint density at radius 1 is 1.45 bits per heavy atom. The second kappa shape index (κ2) is 7.16. The zero-order chi connectivity index (χ0) is 14.4. The standard InChI is InChI=1S/C13H16F2N2O3/c14-13(15)20-10-3-1-9(2-4-10)17-12(18)7-11-8-16-5-6-19-11/h1-4,11,13,16H,5-8H2,(H,17,18). The molecular formula is C13H16F2N2O3. The molecule has 0 aromatic heterocycles. The number of anilines is 1. The lowest BCUT2D eigenvalue weighted by molar-refractivity contribution is -0.119. The second-order valence-corrected chi connectivity index (χ2v) is 4.35. The fraction of sp³-hybridized carbons (Fsp3) is 0.462. The molecule has 1 aromatic carbocycles. The summed E-state index contributed by atoms with van der Waals surface area (Å²) in [5.74, 6) is -0.126. The van der Waals surface area contributed by atoms with Crippen molar-refractivity contribution in [1.29, 1.82) is 0 Å². The maximum Gasteiger partial charge on any atom is 0.387 e. The van der Waals surface area contributed by atoms with Crippen LogP contribution in [-0.2, 0) is 9.53 Å². The van der Waals surface area contributed by atoms with E-state index in [1.807, 2.05) is 0 Å². The molecule has 1 aliphatic rings. The van der Waals surface area contributed by atoms with E-state index in [1.54, 1.807) is 0 Å². The number of halogens is 2. The van der Waals surface area contributed by atoms with Crippen LogP contribution in [0, 0.1) is 0 Å². The van der Waals surface area contributed by atoms with Gasteiger partial charge in [-0.1, -0.05) is 0 Å². The number of benzene rings is 1. The molecule has 110 valence electrons. The molecule has 0 spiro atoms. The highest BCUT2D eigenvalue weighted by molar-refractivity contribution is 5.91. The molecule has 7 heteroatoms. The third-order valence-corrected chi connectivity index (χ3v) is 2.78. The molecule has 1 atom stereocenters. The van der Waals surface area contributed by atoms with Crippen molar-refractivity contribution in [3.63, 3.8) is 0 Å². The fourth-order valence-electron chi connectivity index (χ4n) is 1.89. The predicted molar refractivity (Wildman–Crippen MR) is 68.9 cm³/mol. The van der Waals surface area contributed by atoms with Crippen molar-refractivity contribution >= 4 is 11.6 Å². The minimum absolute atomic E-state index is 0.0535. The van der Waals surface area contributed by atoms with Crippen LogP contribution in [-0.4, -0.2) is 38.3 Å². The number of ether oxygens (including phenoxy) is 2. The molecule has 0 radical (unpaired) electrons. The van der Waals surface area contributed by atoms with Crippen LogP contribution >= 0.6 is 0 Å². The van der Waals surface area contributed by atoms with Gasteiger partial charge in [0.2, 0.25) is 5.91 Å². The Morgan fingerprint density at radius 3 is 2.80 bits per heavy atom. The fourth-order valence-corrected chi connectivity index (χ4v) is 1.89. The lowest BCUT2D eigenvalue weighted by atomic mass is 10.2. The van der Waals surface area contributed by atoms with E-state index in [0.717, 1.165) is 6.54 Å². The van der Waals surface area contributed by atoms with E-state index in [-0.39, 0.29) is 24.2 Å². The summed E-state index contributed by atoms with van der Waals surface area (Å²) in [6, 6.07) is 5.77. The summed E-state index contributed by atoms with van der Waals surface area (Å²) in [6.07, 6.45) is 0.118. The van der Waals surface area contributed by atoms with E-state index in [0.29, 0.717) is 18.8 Å². The molecular weight excluding hydrogens is 270 g/mol. The quantitative estimate of drug-likeness (QED) is 0.863. The van der Waals surface area contributed by atoms with Gasteiger partial charge in [-0.3, -0.25) is 4.79 Å². The van der Waals surface area contributed by atoms with Crippen molar-refractivity contribution in [3.8, 4) is 5.75 Å². The van der Waals surface area contributed by atoms with Gasteiger partial charge in [-0.05, 0) is 24.3 Å². The number of hydrogen-bond acceptors (Lipinski definition) is 4. The van der Waals surface area contributed by atoms with Crippen LogP contribution < -0.4 is 15.4 Å². The molecule has 1 aliphatic heterocycles. The molecule has 1 unspecified atom stereocenters. The molecule has 2 rings (SSSR count). The molecule has 2 N–H and O–H groups in total. The Bertz CT molecular complexity index is 434. The first-order valence-electron chi connectivity index (χ1n) is 6.30. The Morgan fingerprint density at radius 2 is 2.20 bits per heavy atom. The average Bonchev–Trinajstić information content (AvgIpc) is 2.41. The Labute approximate surface area is 115 Å². The average molecular weight is 286 g/mol. The minimum Gasteiger partial charge on any atom is -0.435 e. The van der Waals surface area contributed by atoms with Gasteiger partial charge >= 0.3 is 6.61 Å². The van der Waals surface area contributed by atoms with Gasteiger partial charge in [0.25, 0.3) is 0 Å². The number of morpholine rings is 1. The molecule has 1 heterocycles. The highest BCUT2D eigenvalue weighted by Crippen LogP contribution is 2.18. The molecule has 5 nitrogen and oxygen atoms in total. The molecule has 1 saturated heterocycles. The molecule has 1 amide bonds. The van der Waals surface area contributed by atoms with Crippen LogP contribution in [0.1, 0.15) is 6.42 Å². The summed E-state index contributed by atoms with van der Waals surface area (Å²) in [5, 5.41) is 5.82. The van der Waals surface area contributed by atoms with Gasteiger partial charge in [0.15, 0.2) is 0 Å². The van der Waals surface area contributed by atoms with Crippen molar-refractivity contribution in [1.82, 2.24) is 5.32 Å². The van der Waals surface area contributed by atoms with Crippen LogP contribution in [0.25, 0.3) is 0 Å². The largest absolute Gasteiger partial charge is 0.435 e. The van der Waals surface area contributed by atoms with Crippen LogP contribution in [0.4, 0.5) is 14.5 Å². The van der Waals surface area contributed by atoms with Gasteiger partial charge in [0.05, 0.1) is 19.1 Å². The summed E-state index contributed by atoms with van der Waals surface area (Å²) >= 11 is 0. The summed E-state index contributed by atoms with van der Waals surface area (Å²) in [5.41, 5.74) is 0.528. The summed E-state index contributed by atoms with van der Waals surface area (Å²) < 4.78 is 33.6. The van der Waals surface area contributed by atoms with Gasteiger partial charge in [-0.25, -0.2) is 0 Å². The highest BCUT2D eigenvalue weighted by atomic mass is 19.3. The van der Waals surface area contributed by atoms with E-state index in [2.05, 4.69) is 15.4 Å². The van der Waals surface area contributed by atoms with E-state index in [4.69, 9.17) is 4.74 Å². The first kappa shape index (κ1) is 14.7. The van der Waals surface area contributed by atoms with E-state index < -0.39 is 6.61 Å². The topological polar surface area (TPSA) is 59.6 Å². The third-order valence-electron chi connectivity index (χ3n) is 2.78. The first-order valence-corrected chi connectivity index (χ1v) is 6.30. The first-order chi connectivity index (χ1) is 9.63. The Balaban J connectivity index is 1.81. The van der Waals surface area contributed by atoms with Crippen molar-refractivity contribution in [2.75, 3.05) is 25.0 Å². The van der Waals surface area contributed by atoms with Crippen molar-refractivity contribution in [2.45, 2.75) is 19.1 Å². The molecule has 0 aliphatic carbocycles. The van der Waals surface area contributed by atoms with Gasteiger partial charge < -0.3 is 20.1 Å². The summed E-state index contributed by atoms with van der Waals surface area (Å²) in [6.45, 7) is -0.818. The van der Waals surface area contributed by atoms with Crippen molar-refractivity contribution in [3.05, 3.63) is 24.3 Å². The predicted octanol–water partition coefficient (Wildman–Crippen LogP) is 1.60. The van der Waals surface area contributed by atoms with Gasteiger partial charge in [-0.2, -0.15) is 8.78 Å². The smallest absolute Gasteiger partial charge is 0.387 e. The number of alkyl halides is 2. The summed E-state index contributed by atoms with van der Waals surface area (Å²) in [4.78, 5) is 11.8. The zero-order valence-electron chi connectivity index (χ0n) is 10.8. The van der Waals surface area contributed by atoms with E-state index in [9.17, 15) is 13.6 Å². The normalized spacial score (nSPS) is 18.9. The van der Waals surface area contributed by atoms with Gasteiger partial charge in [-0.15, -0.1) is 0 Å². The van der Waals surface area contributed by atoms with Crippen molar-refractivity contribution in [2.24, 2.45) is 0 Å². The second-order valence-electron chi connectivity index (χ2n) is 4.35. The Hall–Kier alpha value is -1.73. The lowest BCUT2D eigenvalue weighted by Gasteiger charge is -2.23. The number of hydrogen-bond donors (Lipinski definition) is 2. The molecule has 0 bridgehead atoms. The number of carbonyl (C=O) groups is 1. The van der Waals surface area contributed by atoms with Crippen LogP contribution in [0.2, 0.25) is 0 Å². The number of amides is 1. The van der Waals surface area contributed by atoms with Crippen LogP contribution in [0.15, 0.2) is 24.3 Å². The lowest BCUT2D eigenvalue weighted by Crippen LogP contribution is -2.40. The van der Waals surface area contributed by atoms with Crippen molar-refractivity contribution < 1.29 is 23.0 Å². The van der Waals surface area contributed by atoms with Crippen LogP contribution in [0.5, 0.6) is 5.75 Å². The zero-order valence-corrected chi connectivity index (χ0v) is 10.8. The number of rotatable bonds is 5. The maximum atomic E-state index is 12.0. The van der Waals surface area contributed by atoms with E-state index in [1.165, 1.54) is 24.3 Å². The van der Waals surface area contributed by atoms with Gasteiger partial charge in [0.1, 0.15) is 5.75 Å². The monoisotopic (exact) mass is 286 g/mol. The minimum atomic E-state index is -2.86. The van der Waals surface area contributed by atoms with Crippen LogP contribution in [0.3, 0.4) is 0 Å². The van der Waals surface area contributed by atoms with E-state index >= 15 is 0 Å². The molecule has 1 fully saturated rings. The molecule has 1 aromatic rings. The maximum absolute atomic E-state index is 12.0. The van der Waals surface area contributed by atoms with Gasteiger partial charge in [0, 0.05) is 18.8 Å². The number of nitrogens with one attached hydrogen (secondary N) is 2. The highest BCUT2D eigenvalue weighted by Gasteiger charge is 2.17. The third kappa shape index (κ3) is 4.75. The SMILES string of the molecule is O=C(CC1CNCCO1)Nc1ccc(OC(F)F)cc1. The number of carbonyl (C=O) groups excluding carboxylic acids is 1. The molecule has 20 heavy (non-hydrogen) atoms. The summed E-state index contributed by atoms with van der Waals surface area (Å²) in [7, 11) is 0.